The summed E-state index contributed by atoms with van der Waals surface area (Å²) in [5.74, 6) is 0.198. The van der Waals surface area contributed by atoms with Crippen molar-refractivity contribution >= 4 is 17.6 Å². The molecule has 0 radical (unpaired) electrons. The van der Waals surface area contributed by atoms with Crippen molar-refractivity contribution in [2.45, 2.75) is 57.8 Å². The summed E-state index contributed by atoms with van der Waals surface area (Å²) in [5, 5.41) is 14.6. The van der Waals surface area contributed by atoms with Crippen LogP contribution in [0.2, 0.25) is 0 Å². The number of phenolic OH excluding ortho intramolecular Hbond substituents is 1. The Balaban J connectivity index is 1.59. The Labute approximate surface area is 201 Å². The molecule has 1 N–H and O–H groups in total. The van der Waals surface area contributed by atoms with Crippen LogP contribution in [-0.4, -0.2) is 53.9 Å². The third-order valence-corrected chi connectivity index (χ3v) is 6.50. The highest BCUT2D eigenvalue weighted by Crippen LogP contribution is 2.44. The molecule has 1 saturated heterocycles. The first-order valence-corrected chi connectivity index (χ1v) is 12.3. The van der Waals surface area contributed by atoms with Crippen LogP contribution in [-0.2, 0) is 20.8 Å². The second-order valence-electron chi connectivity index (χ2n) is 9.46. The van der Waals surface area contributed by atoms with Crippen LogP contribution in [0.3, 0.4) is 0 Å². The molecule has 1 unspecified atom stereocenters. The van der Waals surface area contributed by atoms with E-state index in [-0.39, 0.29) is 43.1 Å². The fourth-order valence-corrected chi connectivity index (χ4v) is 4.52. The summed E-state index contributed by atoms with van der Waals surface area (Å²) in [5.41, 5.74) is 2.57. The van der Waals surface area contributed by atoms with Gasteiger partial charge in [0.05, 0.1) is 11.3 Å². The minimum Gasteiger partial charge on any atom is -0.508 e. The standard InChI is InChI=1S/C27H34N2O5/c1-19-7-5-9-22(28-34-18-25(31)29-12-3-2-4-13-29)15-21-16-23(30)17-24(20-10-11-20)26(21)27(32)33-14-6-8-19/h5-6,8-9,16-17,19-20,30H,2-4,7,10-15,18H2,1H3/b8-6+,9-5+,28-22+. The quantitative estimate of drug-likeness (QED) is 0.401. The normalized spacial score (nSPS) is 24.7. The van der Waals surface area contributed by atoms with Gasteiger partial charge in [0.1, 0.15) is 12.4 Å². The van der Waals surface area contributed by atoms with Crippen molar-refractivity contribution in [2.75, 3.05) is 26.3 Å². The minimum atomic E-state index is -0.391. The fraction of sp³-hybridized carbons (Fsp3) is 0.519. The van der Waals surface area contributed by atoms with E-state index in [1.807, 2.05) is 29.2 Å². The number of oxime groups is 1. The molecular weight excluding hydrogens is 432 g/mol. The predicted molar refractivity (Wildman–Crippen MR) is 130 cm³/mol. The Morgan fingerprint density at radius 1 is 1.21 bits per heavy atom. The number of ether oxygens (including phenoxy) is 1. The third kappa shape index (κ3) is 6.49. The first-order valence-electron chi connectivity index (χ1n) is 12.3. The van der Waals surface area contributed by atoms with E-state index in [1.54, 1.807) is 12.1 Å². The summed E-state index contributed by atoms with van der Waals surface area (Å²) < 4.78 is 5.55. The fourth-order valence-electron chi connectivity index (χ4n) is 4.52. The third-order valence-electron chi connectivity index (χ3n) is 6.50. The number of nitrogens with zero attached hydrogens (tertiary/aromatic N) is 2. The van der Waals surface area contributed by atoms with Gasteiger partial charge in [-0.25, -0.2) is 4.79 Å². The average Bonchev–Trinajstić information content (AvgIpc) is 3.66. The second-order valence-corrected chi connectivity index (χ2v) is 9.46. The van der Waals surface area contributed by atoms with E-state index in [4.69, 9.17) is 9.57 Å². The molecule has 2 heterocycles. The van der Waals surface area contributed by atoms with Gasteiger partial charge in [0.25, 0.3) is 5.91 Å². The van der Waals surface area contributed by atoms with Crippen molar-refractivity contribution in [1.29, 1.82) is 0 Å². The number of piperidine rings is 1. The van der Waals surface area contributed by atoms with Gasteiger partial charge >= 0.3 is 5.97 Å². The van der Waals surface area contributed by atoms with E-state index in [0.29, 0.717) is 16.8 Å². The van der Waals surface area contributed by atoms with Gasteiger partial charge in [-0.2, -0.15) is 0 Å². The molecule has 0 bridgehead atoms. The van der Waals surface area contributed by atoms with Gasteiger partial charge in [0.2, 0.25) is 0 Å². The number of benzene rings is 1. The van der Waals surface area contributed by atoms with Crippen LogP contribution < -0.4 is 0 Å². The number of carbonyl (C=O) groups excluding carboxylic acids is 2. The Morgan fingerprint density at radius 2 is 2.00 bits per heavy atom. The Kier molecular flexibility index (Phi) is 8.03. The zero-order chi connectivity index (χ0) is 23.9. The number of hydrogen-bond donors (Lipinski definition) is 1. The number of allylic oxidation sites excluding steroid dienone is 3. The molecule has 34 heavy (non-hydrogen) atoms. The highest BCUT2D eigenvalue weighted by Gasteiger charge is 2.31. The zero-order valence-corrected chi connectivity index (χ0v) is 19.9. The molecule has 182 valence electrons. The lowest BCUT2D eigenvalue weighted by molar-refractivity contribution is -0.137. The summed E-state index contributed by atoms with van der Waals surface area (Å²) in [7, 11) is 0. The molecule has 0 spiro atoms. The predicted octanol–water partition coefficient (Wildman–Crippen LogP) is 4.51. The number of rotatable bonds is 4. The second kappa shape index (κ2) is 11.4. The maximum absolute atomic E-state index is 13.1. The number of esters is 1. The first kappa shape index (κ1) is 24.0. The summed E-state index contributed by atoms with van der Waals surface area (Å²) >= 11 is 0. The van der Waals surface area contributed by atoms with Gasteiger partial charge in [-0.05, 0) is 79.7 Å². The van der Waals surface area contributed by atoms with Crippen molar-refractivity contribution in [3.05, 3.63) is 53.1 Å². The van der Waals surface area contributed by atoms with Gasteiger partial charge in [0.15, 0.2) is 6.61 Å². The number of cyclic esters (lactones) is 1. The van der Waals surface area contributed by atoms with Crippen molar-refractivity contribution in [1.82, 2.24) is 4.90 Å². The topological polar surface area (TPSA) is 88.4 Å². The Morgan fingerprint density at radius 3 is 2.76 bits per heavy atom. The van der Waals surface area contributed by atoms with Crippen LogP contribution in [0.1, 0.15) is 72.9 Å². The van der Waals surface area contributed by atoms with Crippen molar-refractivity contribution in [3.8, 4) is 5.75 Å². The molecule has 7 nitrogen and oxygen atoms in total. The van der Waals surface area contributed by atoms with Crippen molar-refractivity contribution in [2.24, 2.45) is 11.1 Å². The Bertz CT molecular complexity index is 987. The van der Waals surface area contributed by atoms with Gasteiger partial charge in [-0.15, -0.1) is 0 Å². The van der Waals surface area contributed by atoms with E-state index in [2.05, 4.69) is 12.1 Å². The Hall–Kier alpha value is -3.09. The number of carbonyl (C=O) groups is 2. The van der Waals surface area contributed by atoms with Gasteiger partial charge in [-0.1, -0.05) is 30.3 Å². The van der Waals surface area contributed by atoms with Crippen LogP contribution in [0.15, 0.2) is 41.6 Å². The first-order chi connectivity index (χ1) is 16.5. The smallest absolute Gasteiger partial charge is 0.339 e. The SMILES string of the molecule is CC1/C=C/COC(=O)c2c(cc(O)cc2C2CC2)CC(=N/OCC(=O)N2CCCCC2)/C=C/C1. The number of fused-ring (bicyclic) bond motifs is 1. The molecule has 1 aromatic rings. The molecule has 1 aliphatic carbocycles. The number of amides is 1. The largest absolute Gasteiger partial charge is 0.508 e. The van der Waals surface area contributed by atoms with Crippen molar-refractivity contribution < 1.29 is 24.3 Å². The van der Waals surface area contributed by atoms with Gasteiger partial charge in [-0.3, -0.25) is 4.79 Å². The average molecular weight is 467 g/mol. The summed E-state index contributed by atoms with van der Waals surface area (Å²) in [6.45, 7) is 3.72. The molecule has 1 amide bonds. The van der Waals surface area contributed by atoms with E-state index in [0.717, 1.165) is 57.2 Å². The molecule has 4 rings (SSSR count). The lowest BCUT2D eigenvalue weighted by atomic mass is 9.93. The molecule has 0 aromatic heterocycles. The molecule has 1 atom stereocenters. The number of hydrogen-bond acceptors (Lipinski definition) is 6. The van der Waals surface area contributed by atoms with Crippen LogP contribution >= 0.6 is 0 Å². The van der Waals surface area contributed by atoms with Crippen LogP contribution in [0, 0.1) is 5.92 Å². The van der Waals surface area contributed by atoms with Crippen LogP contribution in [0.25, 0.3) is 0 Å². The van der Waals surface area contributed by atoms with E-state index in [9.17, 15) is 14.7 Å². The molecule has 2 aliphatic heterocycles. The molecule has 1 saturated carbocycles. The zero-order valence-electron chi connectivity index (χ0n) is 19.9. The summed E-state index contributed by atoms with van der Waals surface area (Å²) in [6, 6.07) is 3.27. The summed E-state index contributed by atoms with van der Waals surface area (Å²) in [6.07, 6.45) is 14.1. The van der Waals surface area contributed by atoms with Gasteiger partial charge < -0.3 is 19.6 Å². The highest BCUT2D eigenvalue weighted by atomic mass is 16.6. The molecule has 2 fully saturated rings. The molecule has 3 aliphatic rings. The lowest BCUT2D eigenvalue weighted by Crippen LogP contribution is -2.37. The maximum atomic E-state index is 13.1. The number of likely N-dealkylation sites (tertiary alicyclic amines) is 1. The lowest BCUT2D eigenvalue weighted by Gasteiger charge is -2.26. The van der Waals surface area contributed by atoms with Crippen LogP contribution in [0.5, 0.6) is 5.75 Å². The number of phenols is 1. The number of aromatic hydroxyl groups is 1. The maximum Gasteiger partial charge on any atom is 0.339 e. The van der Waals surface area contributed by atoms with E-state index >= 15 is 0 Å². The molecule has 1 aromatic carbocycles. The highest BCUT2D eigenvalue weighted by molar-refractivity contribution is 6.00. The monoisotopic (exact) mass is 466 g/mol. The minimum absolute atomic E-state index is 0.0610. The van der Waals surface area contributed by atoms with Crippen LogP contribution in [0.4, 0.5) is 0 Å². The van der Waals surface area contributed by atoms with E-state index in [1.165, 1.54) is 0 Å². The van der Waals surface area contributed by atoms with Crippen molar-refractivity contribution in [3.63, 3.8) is 0 Å². The van der Waals surface area contributed by atoms with Gasteiger partial charge in [0, 0.05) is 19.5 Å². The molecule has 7 heteroatoms. The molecular formula is C27H34N2O5. The summed E-state index contributed by atoms with van der Waals surface area (Å²) in [4.78, 5) is 32.8. The van der Waals surface area contributed by atoms with E-state index < -0.39 is 5.97 Å².